The van der Waals surface area contributed by atoms with E-state index in [1.807, 2.05) is 0 Å². The molecule has 3 unspecified atom stereocenters. The molecule has 0 aromatic carbocycles. The maximum atomic E-state index is 13.2. The number of unbranched alkanes of at least 4 members (excludes halogenated alkanes) is 52. The van der Waals surface area contributed by atoms with Crippen molar-refractivity contribution in [2.75, 3.05) is 39.6 Å². The van der Waals surface area contributed by atoms with E-state index in [0.29, 0.717) is 25.7 Å². The number of phosphoric ester groups is 2. The number of ether oxygens (including phenoxy) is 4. The van der Waals surface area contributed by atoms with Gasteiger partial charge in [0.05, 0.1) is 26.4 Å². The maximum absolute atomic E-state index is 13.2. The molecule has 0 aliphatic rings. The highest BCUT2D eigenvalue weighted by molar-refractivity contribution is 7.47. The molecule has 3 N–H and O–H groups in total. The highest BCUT2D eigenvalue weighted by Gasteiger charge is 2.31. The van der Waals surface area contributed by atoms with Gasteiger partial charge < -0.3 is 33.8 Å². The molecule has 0 saturated heterocycles. The molecule has 648 valence electrons. The fraction of sp³-hybridized carbons (Fsp3) is 0.956. The van der Waals surface area contributed by atoms with E-state index in [9.17, 15) is 43.2 Å². The molecule has 0 aromatic heterocycles. The van der Waals surface area contributed by atoms with Gasteiger partial charge in [-0.3, -0.25) is 37.3 Å². The third-order valence-electron chi connectivity index (χ3n) is 21.4. The number of aliphatic hydroxyl groups excluding tert-OH is 1. The van der Waals surface area contributed by atoms with Gasteiger partial charge in [0.1, 0.15) is 19.3 Å². The fourth-order valence-electron chi connectivity index (χ4n) is 14.0. The molecule has 0 saturated carbocycles. The molecule has 0 fully saturated rings. The molecule has 19 heteroatoms. The summed E-state index contributed by atoms with van der Waals surface area (Å²) in [5.74, 6) is 1.10. The van der Waals surface area contributed by atoms with Crippen LogP contribution in [0, 0.1) is 23.7 Å². The second-order valence-electron chi connectivity index (χ2n) is 34.0. The highest BCUT2D eigenvalue weighted by atomic mass is 31.2. The highest BCUT2D eigenvalue weighted by Crippen LogP contribution is 2.45. The first-order chi connectivity index (χ1) is 52.6. The van der Waals surface area contributed by atoms with E-state index in [0.717, 1.165) is 114 Å². The topological polar surface area (TPSA) is 237 Å². The molecular formula is C90H176O17P2. The fourth-order valence-corrected chi connectivity index (χ4v) is 15.6. The normalized spacial score (nSPS) is 14.1. The van der Waals surface area contributed by atoms with Gasteiger partial charge in [-0.1, -0.05) is 421 Å². The van der Waals surface area contributed by atoms with Crippen molar-refractivity contribution in [3.05, 3.63) is 0 Å². The molecule has 0 radical (unpaired) electrons. The van der Waals surface area contributed by atoms with E-state index in [4.69, 9.17) is 37.0 Å². The zero-order valence-corrected chi connectivity index (χ0v) is 74.0. The van der Waals surface area contributed by atoms with Crippen LogP contribution in [-0.2, 0) is 65.4 Å². The summed E-state index contributed by atoms with van der Waals surface area (Å²) in [5, 5.41) is 10.7. The van der Waals surface area contributed by atoms with Crippen LogP contribution in [0.15, 0.2) is 0 Å². The number of hydrogen-bond donors (Lipinski definition) is 3. The van der Waals surface area contributed by atoms with E-state index in [1.165, 1.54) is 276 Å². The predicted octanol–water partition coefficient (Wildman–Crippen LogP) is 27.5. The Labute approximate surface area is 670 Å². The van der Waals surface area contributed by atoms with Gasteiger partial charge in [0, 0.05) is 25.7 Å². The van der Waals surface area contributed by atoms with Crippen molar-refractivity contribution in [3.8, 4) is 0 Å². The van der Waals surface area contributed by atoms with Crippen LogP contribution in [0.4, 0.5) is 0 Å². The van der Waals surface area contributed by atoms with Crippen LogP contribution in [0.5, 0.6) is 0 Å². The summed E-state index contributed by atoms with van der Waals surface area (Å²) in [7, 11) is -9.94. The van der Waals surface area contributed by atoms with E-state index in [1.54, 1.807) is 0 Å². The Kier molecular flexibility index (Phi) is 77.2. The van der Waals surface area contributed by atoms with Crippen molar-refractivity contribution in [1.82, 2.24) is 0 Å². The number of hydrogen-bond acceptors (Lipinski definition) is 15. The summed E-state index contributed by atoms with van der Waals surface area (Å²) in [6.45, 7) is 14.4. The first kappa shape index (κ1) is 107. The lowest BCUT2D eigenvalue weighted by Gasteiger charge is -2.21. The third kappa shape index (κ3) is 82.4. The Hall–Kier alpha value is -1.94. The van der Waals surface area contributed by atoms with E-state index in [-0.39, 0.29) is 25.7 Å². The van der Waals surface area contributed by atoms with Crippen LogP contribution < -0.4 is 0 Å². The minimum atomic E-state index is -4.97. The zero-order chi connectivity index (χ0) is 80.2. The minimum absolute atomic E-state index is 0.107. The third-order valence-corrected chi connectivity index (χ3v) is 23.3. The van der Waals surface area contributed by atoms with Crippen LogP contribution in [0.25, 0.3) is 0 Å². The van der Waals surface area contributed by atoms with Gasteiger partial charge in [-0.05, 0) is 49.4 Å². The summed E-state index contributed by atoms with van der Waals surface area (Å²) >= 11 is 0. The summed E-state index contributed by atoms with van der Waals surface area (Å²) in [4.78, 5) is 73.4. The molecule has 0 spiro atoms. The quantitative estimate of drug-likeness (QED) is 0.0222. The molecule has 0 heterocycles. The number of carbonyl (C=O) groups excluding carboxylic acids is 4. The van der Waals surface area contributed by atoms with Gasteiger partial charge in [0.15, 0.2) is 12.2 Å². The van der Waals surface area contributed by atoms with Crippen LogP contribution in [0.1, 0.15) is 473 Å². The number of esters is 4. The average molecular weight is 1590 g/mol. The summed E-state index contributed by atoms with van der Waals surface area (Å²) in [6.07, 6.45) is 69.4. The van der Waals surface area contributed by atoms with Crippen LogP contribution in [0.3, 0.4) is 0 Å². The Morgan fingerprint density at radius 3 is 0.651 bits per heavy atom. The molecule has 17 nitrogen and oxygen atoms in total. The SMILES string of the molecule is CCC(C)CCCCCCCCCCC(=O)OC[C@H](COP(=O)(O)OC[C@H](O)COP(=O)(O)OC[C@@H](COC(=O)CCCCCCCCCCCCCCCCCCC(C)C)OC(=O)CCCCCCCCCCCCCCCCCCCCC(C)C)OC(=O)CCCCCCCCCCCCCCCCC(C)C. The second kappa shape index (κ2) is 78.6. The molecular weight excluding hydrogens is 1410 g/mol. The van der Waals surface area contributed by atoms with Crippen molar-refractivity contribution < 1.29 is 80.2 Å². The van der Waals surface area contributed by atoms with Gasteiger partial charge in [-0.25, -0.2) is 9.13 Å². The van der Waals surface area contributed by atoms with E-state index in [2.05, 4.69) is 55.4 Å². The molecule has 0 bridgehead atoms. The molecule has 109 heavy (non-hydrogen) atoms. The van der Waals surface area contributed by atoms with Crippen LogP contribution in [0.2, 0.25) is 0 Å². The number of aliphatic hydroxyl groups is 1. The molecule has 0 aliphatic carbocycles. The average Bonchev–Trinajstić information content (AvgIpc) is 0.901. The lowest BCUT2D eigenvalue weighted by Crippen LogP contribution is -2.30. The van der Waals surface area contributed by atoms with Crippen molar-refractivity contribution in [1.29, 1.82) is 0 Å². The predicted molar refractivity (Wildman–Crippen MR) is 451 cm³/mol. The summed E-state index contributed by atoms with van der Waals surface area (Å²) in [5.41, 5.74) is 0. The van der Waals surface area contributed by atoms with E-state index < -0.39 is 97.5 Å². The monoisotopic (exact) mass is 1590 g/mol. The van der Waals surface area contributed by atoms with Gasteiger partial charge in [0.25, 0.3) is 0 Å². The first-order valence-corrected chi connectivity index (χ1v) is 49.2. The van der Waals surface area contributed by atoms with Crippen molar-refractivity contribution in [2.45, 2.75) is 491 Å². The smallest absolute Gasteiger partial charge is 0.462 e. The Morgan fingerprint density at radius 2 is 0.440 bits per heavy atom. The molecule has 0 aromatic rings. The molecule has 0 aliphatic heterocycles. The van der Waals surface area contributed by atoms with Gasteiger partial charge in [0.2, 0.25) is 0 Å². The van der Waals surface area contributed by atoms with E-state index >= 15 is 0 Å². The van der Waals surface area contributed by atoms with Crippen molar-refractivity contribution >= 4 is 39.5 Å². The number of carbonyl (C=O) groups is 4. The number of rotatable bonds is 87. The minimum Gasteiger partial charge on any atom is -0.462 e. The van der Waals surface area contributed by atoms with Crippen LogP contribution in [-0.4, -0.2) is 96.7 Å². The van der Waals surface area contributed by atoms with Gasteiger partial charge in [-0.15, -0.1) is 0 Å². The van der Waals surface area contributed by atoms with Gasteiger partial charge >= 0.3 is 39.5 Å². The zero-order valence-electron chi connectivity index (χ0n) is 72.2. The molecule has 6 atom stereocenters. The first-order valence-electron chi connectivity index (χ1n) is 46.2. The Morgan fingerprint density at radius 1 is 0.257 bits per heavy atom. The largest absolute Gasteiger partial charge is 0.472 e. The molecule has 0 amide bonds. The second-order valence-corrected chi connectivity index (χ2v) is 36.9. The van der Waals surface area contributed by atoms with Crippen molar-refractivity contribution in [3.63, 3.8) is 0 Å². The van der Waals surface area contributed by atoms with Crippen molar-refractivity contribution in [2.24, 2.45) is 23.7 Å². The Bertz CT molecular complexity index is 2110. The van der Waals surface area contributed by atoms with Gasteiger partial charge in [-0.2, -0.15) is 0 Å². The summed E-state index contributed by atoms with van der Waals surface area (Å²) in [6, 6.07) is 0. The lowest BCUT2D eigenvalue weighted by molar-refractivity contribution is -0.161. The lowest BCUT2D eigenvalue weighted by atomic mass is 9.99. The standard InChI is InChI=1S/C90H176O17P2/c1-9-83(8)69-61-53-45-40-41-47-55-63-71-88(93)101-77-86(107-90(95)73-65-57-49-39-33-27-21-20-24-30-36-44-52-60-68-82(6)7)79-105-109(98,99)103-75-84(91)74-102-108(96,97)104-78-85(76-100-87(92)70-62-54-46-37-31-25-18-15-14-17-23-29-35-43-51-59-67-81(4)5)106-89(94)72-64-56-48-38-32-26-19-13-11-10-12-16-22-28-34-42-50-58-66-80(2)3/h80-86,91H,9-79H2,1-8H3,(H,96,97)(H,98,99)/t83?,84-,85-,86-/m1/s1. The number of phosphoric acid groups is 2. The Balaban J connectivity index is 5.26. The molecule has 0 rings (SSSR count). The maximum Gasteiger partial charge on any atom is 0.472 e. The van der Waals surface area contributed by atoms with Crippen LogP contribution >= 0.6 is 15.6 Å². The summed E-state index contributed by atoms with van der Waals surface area (Å²) < 4.78 is 69.1.